The standard InChI is InChI=1S/C12H23F3N4/c1-3-9(2)18-11(16)17-6-10-4-5-19(7-10)8-12(13,14)15/h9-10H,3-8H2,1-2H3,(H3,16,17,18)/t9-,10+/m1/s1. The van der Waals surface area contributed by atoms with E-state index in [0.717, 1.165) is 12.8 Å². The monoisotopic (exact) mass is 280 g/mol. The molecule has 0 unspecified atom stereocenters. The van der Waals surface area contributed by atoms with Gasteiger partial charge in [0.1, 0.15) is 0 Å². The van der Waals surface area contributed by atoms with Crippen LogP contribution in [0.1, 0.15) is 26.7 Å². The van der Waals surface area contributed by atoms with E-state index in [1.54, 1.807) is 0 Å². The van der Waals surface area contributed by atoms with Crippen molar-refractivity contribution in [1.82, 2.24) is 10.2 Å². The van der Waals surface area contributed by atoms with Gasteiger partial charge in [-0.25, -0.2) is 0 Å². The van der Waals surface area contributed by atoms with Crippen LogP contribution in [0.25, 0.3) is 0 Å². The molecule has 0 saturated carbocycles. The highest BCUT2D eigenvalue weighted by Crippen LogP contribution is 2.22. The second-order valence-corrected chi connectivity index (χ2v) is 5.18. The molecular formula is C12H23F3N4. The van der Waals surface area contributed by atoms with E-state index in [1.807, 2.05) is 13.8 Å². The van der Waals surface area contributed by atoms with Gasteiger partial charge in [0.2, 0.25) is 0 Å². The van der Waals surface area contributed by atoms with Crippen LogP contribution in [0.2, 0.25) is 0 Å². The fourth-order valence-electron chi connectivity index (χ4n) is 2.09. The molecule has 1 rings (SSSR count). The summed E-state index contributed by atoms with van der Waals surface area (Å²) in [6.07, 6.45) is -2.43. The minimum atomic E-state index is -4.12. The first-order chi connectivity index (χ1) is 8.80. The van der Waals surface area contributed by atoms with E-state index in [1.165, 1.54) is 4.90 Å². The van der Waals surface area contributed by atoms with Gasteiger partial charge in [-0.15, -0.1) is 0 Å². The Bertz CT molecular complexity index is 304. The van der Waals surface area contributed by atoms with Crippen LogP contribution in [0.4, 0.5) is 13.2 Å². The zero-order valence-electron chi connectivity index (χ0n) is 11.5. The molecule has 0 spiro atoms. The number of nitrogens with one attached hydrogen (secondary N) is 1. The van der Waals surface area contributed by atoms with Crippen molar-refractivity contribution in [3.63, 3.8) is 0 Å². The normalized spacial score (nSPS) is 23.6. The van der Waals surface area contributed by atoms with Crippen LogP contribution in [0, 0.1) is 5.92 Å². The number of guanidine groups is 1. The van der Waals surface area contributed by atoms with Crippen molar-refractivity contribution in [3.05, 3.63) is 0 Å². The molecule has 1 aliphatic heterocycles. The van der Waals surface area contributed by atoms with Crippen molar-refractivity contribution >= 4 is 5.96 Å². The topological polar surface area (TPSA) is 53.6 Å². The van der Waals surface area contributed by atoms with Gasteiger partial charge in [0.05, 0.1) is 6.54 Å². The largest absolute Gasteiger partial charge is 0.401 e. The number of aliphatic imine (C=N–C) groups is 1. The SMILES string of the molecule is CC[C@@H](C)NC(N)=NC[C@@H]1CCN(CC(F)(F)F)C1. The molecule has 0 amide bonds. The van der Waals surface area contributed by atoms with Crippen LogP contribution in [-0.2, 0) is 0 Å². The Balaban J connectivity index is 2.30. The van der Waals surface area contributed by atoms with Crippen molar-refractivity contribution in [1.29, 1.82) is 0 Å². The van der Waals surface area contributed by atoms with E-state index < -0.39 is 12.7 Å². The van der Waals surface area contributed by atoms with E-state index in [9.17, 15) is 13.2 Å². The second-order valence-electron chi connectivity index (χ2n) is 5.18. The molecule has 1 saturated heterocycles. The van der Waals surface area contributed by atoms with Crippen molar-refractivity contribution in [2.75, 3.05) is 26.2 Å². The van der Waals surface area contributed by atoms with E-state index in [-0.39, 0.29) is 12.0 Å². The first-order valence-electron chi connectivity index (χ1n) is 6.65. The van der Waals surface area contributed by atoms with Gasteiger partial charge in [0.15, 0.2) is 5.96 Å². The fraction of sp³-hybridized carbons (Fsp3) is 0.917. The van der Waals surface area contributed by atoms with Gasteiger partial charge in [-0.3, -0.25) is 9.89 Å². The minimum Gasteiger partial charge on any atom is -0.370 e. The van der Waals surface area contributed by atoms with Crippen molar-refractivity contribution in [2.45, 2.75) is 38.9 Å². The molecule has 1 heterocycles. The number of halogens is 3. The summed E-state index contributed by atoms with van der Waals surface area (Å²) in [7, 11) is 0. The molecule has 0 aromatic heterocycles. The lowest BCUT2D eigenvalue weighted by atomic mass is 10.1. The first-order valence-corrected chi connectivity index (χ1v) is 6.65. The van der Waals surface area contributed by atoms with E-state index >= 15 is 0 Å². The van der Waals surface area contributed by atoms with Crippen LogP contribution in [-0.4, -0.2) is 49.3 Å². The highest BCUT2D eigenvalue weighted by Gasteiger charge is 2.34. The molecule has 0 bridgehead atoms. The van der Waals surface area contributed by atoms with Crippen molar-refractivity contribution in [3.8, 4) is 0 Å². The lowest BCUT2D eigenvalue weighted by Crippen LogP contribution is -2.38. The summed E-state index contributed by atoms with van der Waals surface area (Å²) in [5, 5.41) is 3.04. The first kappa shape index (κ1) is 16.1. The highest BCUT2D eigenvalue weighted by atomic mass is 19.4. The second kappa shape index (κ2) is 6.98. The average molecular weight is 280 g/mol. The maximum Gasteiger partial charge on any atom is 0.401 e. The van der Waals surface area contributed by atoms with Gasteiger partial charge in [-0.1, -0.05) is 6.92 Å². The molecular weight excluding hydrogens is 257 g/mol. The lowest BCUT2D eigenvalue weighted by molar-refractivity contribution is -0.143. The molecule has 4 nitrogen and oxygen atoms in total. The molecule has 0 aliphatic carbocycles. The summed E-state index contributed by atoms with van der Waals surface area (Å²) in [4.78, 5) is 5.63. The third-order valence-electron chi connectivity index (χ3n) is 3.30. The van der Waals surface area contributed by atoms with Crippen molar-refractivity contribution in [2.24, 2.45) is 16.6 Å². The number of alkyl halides is 3. The smallest absolute Gasteiger partial charge is 0.370 e. The van der Waals surface area contributed by atoms with Crippen LogP contribution < -0.4 is 11.1 Å². The number of rotatable bonds is 5. The Morgan fingerprint density at radius 3 is 2.79 bits per heavy atom. The highest BCUT2D eigenvalue weighted by molar-refractivity contribution is 5.78. The number of nitrogens with two attached hydrogens (primary N) is 1. The van der Waals surface area contributed by atoms with Gasteiger partial charge in [-0.2, -0.15) is 13.2 Å². The molecule has 0 aromatic rings. The van der Waals surface area contributed by atoms with Gasteiger partial charge in [0, 0.05) is 19.1 Å². The number of hydrogen-bond donors (Lipinski definition) is 2. The Morgan fingerprint density at radius 1 is 1.53 bits per heavy atom. The Labute approximate surface area is 112 Å². The number of nitrogens with zero attached hydrogens (tertiary/aromatic N) is 2. The molecule has 1 aliphatic rings. The third kappa shape index (κ3) is 6.66. The van der Waals surface area contributed by atoms with Gasteiger partial charge >= 0.3 is 6.18 Å². The average Bonchev–Trinajstić information content (AvgIpc) is 2.71. The molecule has 2 atom stereocenters. The van der Waals surface area contributed by atoms with Crippen LogP contribution in [0.5, 0.6) is 0 Å². The Kier molecular flexibility index (Phi) is 5.90. The molecule has 3 N–H and O–H groups in total. The minimum absolute atomic E-state index is 0.166. The molecule has 7 heteroatoms. The predicted molar refractivity (Wildman–Crippen MR) is 70.0 cm³/mol. The number of likely N-dealkylation sites (tertiary alicyclic amines) is 1. The maximum atomic E-state index is 12.2. The van der Waals surface area contributed by atoms with Gasteiger partial charge in [-0.05, 0) is 32.2 Å². The molecule has 19 heavy (non-hydrogen) atoms. The van der Waals surface area contributed by atoms with Crippen LogP contribution >= 0.6 is 0 Å². The van der Waals surface area contributed by atoms with E-state index in [2.05, 4.69) is 10.3 Å². The third-order valence-corrected chi connectivity index (χ3v) is 3.30. The summed E-state index contributed by atoms with van der Waals surface area (Å²) >= 11 is 0. The van der Waals surface area contributed by atoms with Gasteiger partial charge in [0.25, 0.3) is 0 Å². The molecule has 112 valence electrons. The summed E-state index contributed by atoms with van der Waals surface area (Å²) in [5.74, 6) is 0.545. The summed E-state index contributed by atoms with van der Waals surface area (Å²) < 4.78 is 36.7. The lowest BCUT2D eigenvalue weighted by Gasteiger charge is -2.17. The summed E-state index contributed by atoms with van der Waals surface area (Å²) in [6.45, 7) is 4.63. The van der Waals surface area contributed by atoms with E-state index in [0.29, 0.717) is 25.6 Å². The zero-order chi connectivity index (χ0) is 14.5. The number of hydrogen-bond acceptors (Lipinski definition) is 2. The summed E-state index contributed by atoms with van der Waals surface area (Å²) in [5.41, 5.74) is 5.71. The molecule has 0 aromatic carbocycles. The Morgan fingerprint density at radius 2 is 2.21 bits per heavy atom. The zero-order valence-corrected chi connectivity index (χ0v) is 11.5. The quantitative estimate of drug-likeness (QED) is 0.594. The molecule has 0 radical (unpaired) electrons. The van der Waals surface area contributed by atoms with E-state index in [4.69, 9.17) is 5.73 Å². The maximum absolute atomic E-state index is 12.2. The Hall–Kier alpha value is -0.980. The van der Waals surface area contributed by atoms with Crippen molar-refractivity contribution < 1.29 is 13.2 Å². The predicted octanol–water partition coefficient (Wildman–Crippen LogP) is 1.57. The van der Waals surface area contributed by atoms with Crippen LogP contribution in [0.3, 0.4) is 0 Å². The fourth-order valence-corrected chi connectivity index (χ4v) is 2.09. The molecule has 1 fully saturated rings. The van der Waals surface area contributed by atoms with Crippen LogP contribution in [0.15, 0.2) is 4.99 Å². The summed E-state index contributed by atoms with van der Waals surface area (Å²) in [6, 6.07) is 0.258. The van der Waals surface area contributed by atoms with Gasteiger partial charge < -0.3 is 11.1 Å².